The molecule has 0 saturated carbocycles. The molecule has 0 unspecified atom stereocenters. The number of nitrogens with one attached hydrogen (secondary N) is 1. The molecule has 3 heterocycles. The molecule has 0 bridgehead atoms. The van der Waals surface area contributed by atoms with Crippen LogP contribution in [0.3, 0.4) is 0 Å². The van der Waals surface area contributed by atoms with Gasteiger partial charge in [-0.15, -0.1) is 0 Å². The number of nitro groups is 1. The molecule has 1 amide bonds. The van der Waals surface area contributed by atoms with Crippen molar-refractivity contribution in [2.45, 2.75) is 6.54 Å². The second-order valence-corrected chi connectivity index (χ2v) is 9.42. The first-order valence-corrected chi connectivity index (χ1v) is 12.3. The van der Waals surface area contributed by atoms with Gasteiger partial charge in [0.2, 0.25) is 0 Å². The Bertz CT molecular complexity index is 1680. The lowest BCUT2D eigenvalue weighted by atomic mass is 10.1. The van der Waals surface area contributed by atoms with E-state index in [1.54, 1.807) is 23.1 Å². The lowest BCUT2D eigenvalue weighted by Gasteiger charge is -2.26. The van der Waals surface area contributed by atoms with Gasteiger partial charge in [0, 0.05) is 46.7 Å². The number of amides is 1. The van der Waals surface area contributed by atoms with Crippen LogP contribution in [0.4, 0.5) is 5.69 Å². The number of amidine groups is 2. The third kappa shape index (κ3) is 4.05. The number of fused-ring (bicyclic) bond motifs is 2. The van der Waals surface area contributed by atoms with Gasteiger partial charge in [-0.1, -0.05) is 72.4 Å². The Balaban J connectivity index is 1.38. The van der Waals surface area contributed by atoms with Gasteiger partial charge in [0.05, 0.1) is 16.2 Å². The topological polar surface area (TPSA) is 105 Å². The summed E-state index contributed by atoms with van der Waals surface area (Å²) < 4.78 is 2.04. The molecule has 1 aromatic heterocycles. The van der Waals surface area contributed by atoms with Crippen LogP contribution in [-0.4, -0.2) is 31.3 Å². The molecule has 1 N–H and O–H groups in total. The Kier molecular flexibility index (Phi) is 5.54. The third-order valence-electron chi connectivity index (χ3n) is 6.30. The molecule has 3 aromatic carbocycles. The molecule has 2 aliphatic heterocycles. The Morgan fingerprint density at radius 2 is 1.73 bits per heavy atom. The molecule has 0 saturated heterocycles. The molecular weight excluding hydrogens is 486 g/mol. The van der Waals surface area contributed by atoms with Crippen molar-refractivity contribution in [2.24, 2.45) is 4.99 Å². The Morgan fingerprint density at radius 3 is 2.49 bits per heavy atom. The van der Waals surface area contributed by atoms with Gasteiger partial charge >= 0.3 is 0 Å². The van der Waals surface area contributed by atoms with E-state index in [9.17, 15) is 14.9 Å². The van der Waals surface area contributed by atoms with Crippen LogP contribution in [0.1, 0.15) is 16.7 Å². The van der Waals surface area contributed by atoms with Gasteiger partial charge in [0.25, 0.3) is 11.6 Å². The van der Waals surface area contributed by atoms with Gasteiger partial charge in [-0.3, -0.25) is 25.2 Å². The van der Waals surface area contributed by atoms with E-state index in [4.69, 9.17) is 5.41 Å². The van der Waals surface area contributed by atoms with Gasteiger partial charge < -0.3 is 4.57 Å². The van der Waals surface area contributed by atoms with Crippen molar-refractivity contribution in [3.63, 3.8) is 0 Å². The summed E-state index contributed by atoms with van der Waals surface area (Å²) in [7, 11) is 0. The van der Waals surface area contributed by atoms with Crippen molar-refractivity contribution in [3.8, 4) is 0 Å². The molecule has 0 aliphatic carbocycles. The SMILES string of the molecule is N=C1C(=Cc2cn(Cc3ccc([N+](=O)[O-])cc3)c3ccccc23)C(=O)N=C2SC=C(c3ccccc3)N12. The van der Waals surface area contributed by atoms with Gasteiger partial charge in [0.15, 0.2) is 5.17 Å². The first-order chi connectivity index (χ1) is 18.0. The van der Waals surface area contributed by atoms with Gasteiger partial charge in [-0.05, 0) is 23.3 Å². The van der Waals surface area contributed by atoms with E-state index in [-0.39, 0.29) is 17.1 Å². The fraction of sp³-hybridized carbons (Fsp3) is 0.0357. The summed E-state index contributed by atoms with van der Waals surface area (Å²) >= 11 is 1.33. The normalized spacial score (nSPS) is 16.2. The van der Waals surface area contributed by atoms with Crippen molar-refractivity contribution >= 4 is 57.0 Å². The van der Waals surface area contributed by atoms with E-state index in [2.05, 4.69) is 4.99 Å². The van der Waals surface area contributed by atoms with Crippen molar-refractivity contribution in [1.82, 2.24) is 9.47 Å². The molecule has 9 heteroatoms. The first kappa shape index (κ1) is 22.7. The summed E-state index contributed by atoms with van der Waals surface area (Å²) in [6, 6.07) is 24.0. The summed E-state index contributed by atoms with van der Waals surface area (Å²) in [5, 5.41) is 23.2. The second-order valence-electron chi connectivity index (χ2n) is 8.58. The number of aliphatic imine (C=N–C) groups is 1. The van der Waals surface area contributed by atoms with Crippen LogP contribution in [0, 0.1) is 15.5 Å². The third-order valence-corrected chi connectivity index (χ3v) is 7.13. The maximum atomic E-state index is 13.0. The van der Waals surface area contributed by atoms with E-state index >= 15 is 0 Å². The predicted molar refractivity (Wildman–Crippen MR) is 146 cm³/mol. The number of thioether (sulfide) groups is 1. The lowest BCUT2D eigenvalue weighted by molar-refractivity contribution is -0.384. The smallest absolute Gasteiger partial charge is 0.283 e. The van der Waals surface area contributed by atoms with Gasteiger partial charge in [-0.25, -0.2) is 0 Å². The summed E-state index contributed by atoms with van der Waals surface area (Å²) in [5.74, 6) is -0.360. The fourth-order valence-electron chi connectivity index (χ4n) is 4.51. The zero-order valence-electron chi connectivity index (χ0n) is 19.4. The van der Waals surface area contributed by atoms with E-state index in [0.717, 1.165) is 33.3 Å². The number of para-hydroxylation sites is 1. The molecule has 0 radical (unpaired) electrons. The highest BCUT2D eigenvalue weighted by molar-refractivity contribution is 8.17. The van der Waals surface area contributed by atoms with Crippen molar-refractivity contribution in [1.29, 1.82) is 5.41 Å². The Morgan fingerprint density at radius 1 is 1.00 bits per heavy atom. The minimum Gasteiger partial charge on any atom is -0.342 e. The minimum atomic E-state index is -0.446. The molecule has 0 fully saturated rings. The molecule has 2 aliphatic rings. The number of rotatable bonds is 5. The van der Waals surface area contributed by atoms with Crippen molar-refractivity contribution in [3.05, 3.63) is 123 Å². The molecule has 4 aromatic rings. The monoisotopic (exact) mass is 505 g/mol. The average Bonchev–Trinajstić information content (AvgIpc) is 3.49. The van der Waals surface area contributed by atoms with E-state index in [1.165, 1.54) is 23.9 Å². The number of nitrogens with zero attached hydrogens (tertiary/aromatic N) is 4. The molecule has 0 atom stereocenters. The molecule has 180 valence electrons. The predicted octanol–water partition coefficient (Wildman–Crippen LogP) is 5.90. The zero-order chi connectivity index (χ0) is 25.5. The summed E-state index contributed by atoms with van der Waals surface area (Å²) in [6.07, 6.45) is 3.66. The van der Waals surface area contributed by atoms with Crippen LogP contribution in [0.15, 0.2) is 101 Å². The molecule has 37 heavy (non-hydrogen) atoms. The van der Waals surface area contributed by atoms with Crippen molar-refractivity contribution in [2.75, 3.05) is 0 Å². The highest BCUT2D eigenvalue weighted by atomic mass is 32.2. The molecule has 6 rings (SSSR count). The summed E-state index contributed by atoms with van der Waals surface area (Å²) in [5.41, 5.74) is 4.67. The zero-order valence-corrected chi connectivity index (χ0v) is 20.2. The van der Waals surface area contributed by atoms with Gasteiger partial charge in [-0.2, -0.15) is 4.99 Å². The molecular formula is C28H19N5O3S. The highest BCUT2D eigenvalue weighted by Crippen LogP contribution is 2.37. The van der Waals surface area contributed by atoms with E-state index in [0.29, 0.717) is 11.7 Å². The minimum absolute atomic E-state index is 0.0461. The lowest BCUT2D eigenvalue weighted by Crippen LogP contribution is -2.37. The number of aromatic nitrogens is 1. The first-order valence-electron chi connectivity index (χ1n) is 11.5. The number of carbonyl (C=O) groups excluding carboxylic acids is 1. The highest BCUT2D eigenvalue weighted by Gasteiger charge is 2.36. The van der Waals surface area contributed by atoms with Crippen molar-refractivity contribution < 1.29 is 9.72 Å². The largest absolute Gasteiger partial charge is 0.342 e. The second kappa shape index (κ2) is 9.03. The average molecular weight is 506 g/mol. The van der Waals surface area contributed by atoms with Crippen LogP contribution in [0.25, 0.3) is 22.7 Å². The van der Waals surface area contributed by atoms with Crippen LogP contribution < -0.4 is 0 Å². The summed E-state index contributed by atoms with van der Waals surface area (Å²) in [6.45, 7) is 0.499. The fourth-order valence-corrected chi connectivity index (χ4v) is 5.40. The Labute approximate surface area is 215 Å². The number of non-ortho nitro benzene ring substituents is 1. The van der Waals surface area contributed by atoms with E-state index in [1.807, 2.05) is 70.8 Å². The number of nitro benzene ring substituents is 1. The van der Waals surface area contributed by atoms with Crippen LogP contribution >= 0.6 is 11.8 Å². The maximum absolute atomic E-state index is 13.0. The molecule has 0 spiro atoms. The van der Waals surface area contributed by atoms with Crippen LogP contribution in [0.5, 0.6) is 0 Å². The number of carbonyl (C=O) groups is 1. The number of hydrogen-bond donors (Lipinski definition) is 1. The number of benzene rings is 3. The van der Waals surface area contributed by atoms with E-state index < -0.39 is 10.8 Å². The molecule has 8 nitrogen and oxygen atoms in total. The quantitative estimate of drug-likeness (QED) is 0.206. The maximum Gasteiger partial charge on any atom is 0.283 e. The van der Waals surface area contributed by atoms with Gasteiger partial charge in [0.1, 0.15) is 5.84 Å². The van der Waals surface area contributed by atoms with Crippen LogP contribution in [-0.2, 0) is 11.3 Å². The number of hydrogen-bond acceptors (Lipinski definition) is 5. The van der Waals surface area contributed by atoms with Crippen LogP contribution in [0.2, 0.25) is 0 Å². The standard InChI is InChI=1S/C28H19N5O3S/c29-26-23(27(34)30-28-32(26)25(17-37-28)19-6-2-1-3-7-19)14-20-16-31(24-9-5-4-8-22(20)24)15-18-10-12-21(13-11-18)33(35)36/h1-14,16-17,29H,15H2. The Hall–Kier alpha value is -4.76. The summed E-state index contributed by atoms with van der Waals surface area (Å²) in [4.78, 5) is 29.6.